The molecule has 2 amide bonds. The molecule has 19 heavy (non-hydrogen) atoms. The average molecular weight is 272 g/mol. The van der Waals surface area contributed by atoms with E-state index in [9.17, 15) is 9.59 Å². The number of rotatable bonds is 5. The number of urea groups is 1. The summed E-state index contributed by atoms with van der Waals surface area (Å²) in [6, 6.07) is -1.03. The molecule has 0 saturated carbocycles. The van der Waals surface area contributed by atoms with Crippen molar-refractivity contribution in [3.8, 4) is 0 Å². The van der Waals surface area contributed by atoms with Crippen LogP contribution < -0.4 is 5.32 Å². The Morgan fingerprint density at radius 2 is 2.21 bits per heavy atom. The van der Waals surface area contributed by atoms with Crippen molar-refractivity contribution in [2.45, 2.75) is 57.7 Å². The zero-order valence-electron chi connectivity index (χ0n) is 11.9. The molecule has 0 aromatic rings. The minimum atomic E-state index is -0.977. The quantitative estimate of drug-likeness (QED) is 0.794. The summed E-state index contributed by atoms with van der Waals surface area (Å²) in [6.07, 6.45) is 2.93. The molecule has 0 aliphatic carbocycles. The standard InChI is InChI=1S/C13H24N2O4/c1-4-5-11(12(16)17)14-13(18)15-7-6-10(19-3)8-9(15)2/h9-11H,4-8H2,1-3H3,(H,14,18)(H,16,17)/t9?,10?,11-/m0/s1. The van der Waals surface area contributed by atoms with E-state index in [1.54, 1.807) is 12.0 Å². The maximum Gasteiger partial charge on any atom is 0.326 e. The van der Waals surface area contributed by atoms with Gasteiger partial charge in [0.25, 0.3) is 0 Å². The largest absolute Gasteiger partial charge is 0.480 e. The van der Waals surface area contributed by atoms with E-state index in [0.717, 1.165) is 19.3 Å². The molecule has 1 saturated heterocycles. The molecule has 3 atom stereocenters. The first-order chi connectivity index (χ1) is 8.99. The van der Waals surface area contributed by atoms with E-state index in [4.69, 9.17) is 9.84 Å². The molecule has 6 nitrogen and oxygen atoms in total. The van der Waals surface area contributed by atoms with Gasteiger partial charge >= 0.3 is 12.0 Å². The Labute approximate surface area is 114 Å². The van der Waals surface area contributed by atoms with Crippen molar-refractivity contribution >= 4 is 12.0 Å². The van der Waals surface area contributed by atoms with Crippen LogP contribution in [0, 0.1) is 0 Å². The number of hydrogen-bond acceptors (Lipinski definition) is 3. The molecule has 0 aromatic heterocycles. The Morgan fingerprint density at radius 1 is 1.53 bits per heavy atom. The summed E-state index contributed by atoms with van der Waals surface area (Å²) in [7, 11) is 1.68. The highest BCUT2D eigenvalue weighted by Gasteiger charge is 2.30. The van der Waals surface area contributed by atoms with E-state index < -0.39 is 12.0 Å². The van der Waals surface area contributed by atoms with Crippen LogP contribution in [-0.4, -0.2) is 53.8 Å². The van der Waals surface area contributed by atoms with Crippen molar-refractivity contribution < 1.29 is 19.4 Å². The highest BCUT2D eigenvalue weighted by atomic mass is 16.5. The van der Waals surface area contributed by atoms with Crippen LogP contribution in [0.3, 0.4) is 0 Å². The Morgan fingerprint density at radius 3 is 2.68 bits per heavy atom. The fourth-order valence-corrected chi connectivity index (χ4v) is 2.42. The molecule has 2 unspecified atom stereocenters. The van der Waals surface area contributed by atoms with Gasteiger partial charge in [-0.05, 0) is 26.2 Å². The number of carboxylic acid groups (broad SMARTS) is 1. The van der Waals surface area contributed by atoms with Crippen LogP contribution in [0.2, 0.25) is 0 Å². The van der Waals surface area contributed by atoms with Gasteiger partial charge in [0.05, 0.1) is 6.10 Å². The number of amides is 2. The first-order valence-corrected chi connectivity index (χ1v) is 6.82. The number of aliphatic carboxylic acids is 1. The molecule has 1 rings (SSSR count). The molecule has 6 heteroatoms. The molecule has 2 N–H and O–H groups in total. The minimum absolute atomic E-state index is 0.0646. The van der Waals surface area contributed by atoms with Crippen molar-refractivity contribution in [2.24, 2.45) is 0 Å². The smallest absolute Gasteiger partial charge is 0.326 e. The SMILES string of the molecule is CCC[C@H](NC(=O)N1CCC(OC)CC1C)C(=O)O. The second-order valence-electron chi connectivity index (χ2n) is 5.05. The molecule has 1 aliphatic rings. The molecular weight excluding hydrogens is 248 g/mol. The van der Waals surface area contributed by atoms with Gasteiger partial charge in [0.1, 0.15) is 6.04 Å². The topological polar surface area (TPSA) is 78.9 Å². The van der Waals surface area contributed by atoms with Gasteiger partial charge in [-0.15, -0.1) is 0 Å². The van der Waals surface area contributed by atoms with Gasteiger partial charge in [-0.2, -0.15) is 0 Å². The number of nitrogens with zero attached hydrogens (tertiary/aromatic N) is 1. The molecule has 110 valence electrons. The monoisotopic (exact) mass is 272 g/mol. The highest BCUT2D eigenvalue weighted by molar-refractivity contribution is 5.82. The number of ether oxygens (including phenoxy) is 1. The average Bonchev–Trinajstić information content (AvgIpc) is 2.37. The van der Waals surface area contributed by atoms with Gasteiger partial charge in [0, 0.05) is 19.7 Å². The van der Waals surface area contributed by atoms with Crippen LogP contribution in [0.4, 0.5) is 4.79 Å². The van der Waals surface area contributed by atoms with Gasteiger partial charge in [0.15, 0.2) is 0 Å². The van der Waals surface area contributed by atoms with Crippen LogP contribution in [0.5, 0.6) is 0 Å². The van der Waals surface area contributed by atoms with Crippen molar-refractivity contribution in [2.75, 3.05) is 13.7 Å². The van der Waals surface area contributed by atoms with Crippen LogP contribution >= 0.6 is 0 Å². The molecule has 1 fully saturated rings. The number of carbonyl (C=O) groups is 2. The fraction of sp³-hybridized carbons (Fsp3) is 0.846. The Balaban J connectivity index is 2.55. The summed E-state index contributed by atoms with van der Waals surface area (Å²) >= 11 is 0. The summed E-state index contributed by atoms with van der Waals surface area (Å²) in [5.74, 6) is -0.977. The lowest BCUT2D eigenvalue weighted by Crippen LogP contribution is -2.54. The number of carbonyl (C=O) groups excluding carboxylic acids is 1. The molecule has 1 aliphatic heterocycles. The number of nitrogens with one attached hydrogen (secondary N) is 1. The van der Waals surface area contributed by atoms with E-state index in [0.29, 0.717) is 13.0 Å². The Bertz CT molecular complexity index is 322. The van der Waals surface area contributed by atoms with Gasteiger partial charge in [-0.25, -0.2) is 9.59 Å². The van der Waals surface area contributed by atoms with Crippen LogP contribution in [0.1, 0.15) is 39.5 Å². The van der Waals surface area contributed by atoms with Crippen molar-refractivity contribution in [3.05, 3.63) is 0 Å². The Kier molecular flexibility index (Phi) is 6.08. The van der Waals surface area contributed by atoms with E-state index in [-0.39, 0.29) is 18.2 Å². The third-order valence-corrected chi connectivity index (χ3v) is 3.60. The minimum Gasteiger partial charge on any atom is -0.480 e. The summed E-state index contributed by atoms with van der Waals surface area (Å²) in [5.41, 5.74) is 0. The molecule has 0 aromatic carbocycles. The summed E-state index contributed by atoms with van der Waals surface area (Å²) in [5, 5.41) is 11.6. The highest BCUT2D eigenvalue weighted by Crippen LogP contribution is 2.19. The zero-order chi connectivity index (χ0) is 14.4. The summed E-state index contributed by atoms with van der Waals surface area (Å²) < 4.78 is 5.30. The van der Waals surface area contributed by atoms with Crippen LogP contribution in [-0.2, 0) is 9.53 Å². The molecule has 0 bridgehead atoms. The molecular formula is C13H24N2O4. The lowest BCUT2D eigenvalue weighted by Gasteiger charge is -2.37. The summed E-state index contributed by atoms with van der Waals surface area (Å²) in [4.78, 5) is 24.8. The van der Waals surface area contributed by atoms with Crippen LogP contribution in [0.15, 0.2) is 0 Å². The first kappa shape index (κ1) is 15.8. The van der Waals surface area contributed by atoms with Crippen molar-refractivity contribution in [1.82, 2.24) is 10.2 Å². The fourth-order valence-electron chi connectivity index (χ4n) is 2.42. The first-order valence-electron chi connectivity index (χ1n) is 6.82. The summed E-state index contributed by atoms with van der Waals surface area (Å²) in [6.45, 7) is 4.46. The van der Waals surface area contributed by atoms with E-state index in [1.165, 1.54) is 0 Å². The van der Waals surface area contributed by atoms with E-state index >= 15 is 0 Å². The van der Waals surface area contributed by atoms with Crippen LogP contribution in [0.25, 0.3) is 0 Å². The number of methoxy groups -OCH3 is 1. The molecule has 0 radical (unpaired) electrons. The van der Waals surface area contributed by atoms with Crippen molar-refractivity contribution in [1.29, 1.82) is 0 Å². The Hall–Kier alpha value is -1.30. The molecule has 1 heterocycles. The predicted molar refractivity (Wildman–Crippen MR) is 71.1 cm³/mol. The van der Waals surface area contributed by atoms with Gasteiger partial charge in [-0.1, -0.05) is 13.3 Å². The third kappa shape index (κ3) is 4.38. The maximum atomic E-state index is 12.1. The maximum absolute atomic E-state index is 12.1. The number of carboxylic acids is 1. The number of piperidine rings is 1. The third-order valence-electron chi connectivity index (χ3n) is 3.60. The van der Waals surface area contributed by atoms with Gasteiger partial charge in [0.2, 0.25) is 0 Å². The van der Waals surface area contributed by atoms with Gasteiger partial charge in [-0.3, -0.25) is 0 Å². The molecule has 0 spiro atoms. The van der Waals surface area contributed by atoms with Gasteiger partial charge < -0.3 is 20.1 Å². The normalized spacial score (nSPS) is 24.9. The lowest BCUT2D eigenvalue weighted by molar-refractivity contribution is -0.139. The second-order valence-corrected chi connectivity index (χ2v) is 5.05. The number of hydrogen-bond donors (Lipinski definition) is 2. The van der Waals surface area contributed by atoms with Crippen molar-refractivity contribution in [3.63, 3.8) is 0 Å². The second kappa shape index (κ2) is 7.33. The predicted octanol–water partition coefficient (Wildman–Crippen LogP) is 1.45. The van der Waals surface area contributed by atoms with E-state index in [2.05, 4.69) is 5.32 Å². The lowest BCUT2D eigenvalue weighted by atomic mass is 10.0. The number of likely N-dealkylation sites (tertiary alicyclic amines) is 1. The zero-order valence-corrected chi connectivity index (χ0v) is 11.9. The van der Waals surface area contributed by atoms with E-state index in [1.807, 2.05) is 13.8 Å².